The number of ether oxygens (including phenoxy) is 2. The van der Waals surface area contributed by atoms with Gasteiger partial charge in [0.1, 0.15) is 9.88 Å². The number of thiophene rings is 1. The number of hydrogen-bond acceptors (Lipinski definition) is 7. The molecule has 0 unspecified atom stereocenters. The molecule has 1 heterocycles. The van der Waals surface area contributed by atoms with Gasteiger partial charge in [-0.1, -0.05) is 19.8 Å². The van der Waals surface area contributed by atoms with Gasteiger partial charge in [-0.25, -0.2) is 9.59 Å². The molecule has 8 nitrogen and oxygen atoms in total. The van der Waals surface area contributed by atoms with E-state index in [0.717, 1.165) is 30.6 Å². The third-order valence-electron chi connectivity index (χ3n) is 3.46. The van der Waals surface area contributed by atoms with Gasteiger partial charge in [0.25, 0.3) is 0 Å². The Balaban J connectivity index is 2.81. The molecule has 3 N–H and O–H groups in total. The van der Waals surface area contributed by atoms with Gasteiger partial charge in [0.2, 0.25) is 5.91 Å². The highest BCUT2D eigenvalue weighted by atomic mass is 32.1. The highest BCUT2D eigenvalue weighted by Gasteiger charge is 2.26. The highest BCUT2D eigenvalue weighted by Crippen LogP contribution is 2.34. The lowest BCUT2D eigenvalue weighted by Gasteiger charge is -2.11. The standard InChI is InChI=1S/C16H23N3O5S2/c1-5-6-7-8-10(20)18-19-16(25)17-13-11(14(21)23-3)9(2)12(26-13)15(22)24-4/h5-8H2,1-4H3,(H,18,20)(H2,17,19,25). The van der Waals surface area contributed by atoms with E-state index in [-0.39, 0.29) is 21.5 Å². The third kappa shape index (κ3) is 5.95. The summed E-state index contributed by atoms with van der Waals surface area (Å²) in [5.74, 6) is -1.36. The number of hydrogen-bond donors (Lipinski definition) is 3. The molecule has 1 rings (SSSR count). The lowest BCUT2D eigenvalue weighted by Crippen LogP contribution is -2.43. The number of nitrogens with one attached hydrogen (secondary N) is 3. The summed E-state index contributed by atoms with van der Waals surface area (Å²) in [4.78, 5) is 35.8. The van der Waals surface area contributed by atoms with E-state index in [0.29, 0.717) is 17.0 Å². The van der Waals surface area contributed by atoms with Gasteiger partial charge in [-0.2, -0.15) is 0 Å². The van der Waals surface area contributed by atoms with Crippen molar-refractivity contribution in [1.82, 2.24) is 10.9 Å². The van der Waals surface area contributed by atoms with E-state index >= 15 is 0 Å². The first-order chi connectivity index (χ1) is 12.3. The second-order valence-corrected chi connectivity index (χ2v) is 6.76. The van der Waals surface area contributed by atoms with Crippen molar-refractivity contribution in [2.45, 2.75) is 39.5 Å². The fourth-order valence-electron chi connectivity index (χ4n) is 2.10. The van der Waals surface area contributed by atoms with Crippen molar-refractivity contribution in [2.75, 3.05) is 19.5 Å². The third-order valence-corrected chi connectivity index (χ3v) is 4.85. The van der Waals surface area contributed by atoms with Crippen LogP contribution >= 0.6 is 23.6 Å². The zero-order valence-corrected chi connectivity index (χ0v) is 16.8. The Morgan fingerprint density at radius 1 is 1.08 bits per heavy atom. The number of thiocarbonyl (C=S) groups is 1. The van der Waals surface area contributed by atoms with E-state index in [2.05, 4.69) is 23.1 Å². The van der Waals surface area contributed by atoms with Gasteiger partial charge in [-0.05, 0) is 31.1 Å². The van der Waals surface area contributed by atoms with Gasteiger partial charge in [-0.3, -0.25) is 15.6 Å². The van der Waals surface area contributed by atoms with Crippen LogP contribution in [-0.4, -0.2) is 37.2 Å². The fourth-order valence-corrected chi connectivity index (χ4v) is 3.43. The summed E-state index contributed by atoms with van der Waals surface area (Å²) in [6.07, 6.45) is 3.19. The maximum atomic E-state index is 12.0. The van der Waals surface area contributed by atoms with Crippen molar-refractivity contribution < 1.29 is 23.9 Å². The first-order valence-electron chi connectivity index (χ1n) is 8.01. The summed E-state index contributed by atoms with van der Waals surface area (Å²) in [6, 6.07) is 0. The van der Waals surface area contributed by atoms with E-state index in [9.17, 15) is 14.4 Å². The van der Waals surface area contributed by atoms with Gasteiger partial charge < -0.3 is 14.8 Å². The van der Waals surface area contributed by atoms with Crippen molar-refractivity contribution in [2.24, 2.45) is 0 Å². The number of unbranched alkanes of at least 4 members (excludes halogenated alkanes) is 2. The number of anilines is 1. The lowest BCUT2D eigenvalue weighted by atomic mass is 10.1. The molecule has 0 atom stereocenters. The molecule has 0 aromatic carbocycles. The number of esters is 2. The summed E-state index contributed by atoms with van der Waals surface area (Å²) in [7, 11) is 2.50. The molecule has 0 aliphatic carbocycles. The zero-order chi connectivity index (χ0) is 19.7. The van der Waals surface area contributed by atoms with Crippen LogP contribution in [0, 0.1) is 6.92 Å². The van der Waals surface area contributed by atoms with Crippen molar-refractivity contribution in [3.63, 3.8) is 0 Å². The lowest BCUT2D eigenvalue weighted by molar-refractivity contribution is -0.121. The van der Waals surface area contributed by atoms with Crippen molar-refractivity contribution in [1.29, 1.82) is 0 Å². The Morgan fingerprint density at radius 3 is 2.31 bits per heavy atom. The quantitative estimate of drug-likeness (QED) is 0.277. The van der Waals surface area contributed by atoms with Crippen molar-refractivity contribution in [3.05, 3.63) is 16.0 Å². The minimum atomic E-state index is -0.609. The van der Waals surface area contributed by atoms with E-state index in [1.165, 1.54) is 14.2 Å². The van der Waals surface area contributed by atoms with Crippen LogP contribution in [0.1, 0.15) is 58.2 Å². The van der Waals surface area contributed by atoms with Crippen LogP contribution in [0.25, 0.3) is 0 Å². The van der Waals surface area contributed by atoms with Crippen molar-refractivity contribution in [3.8, 4) is 0 Å². The maximum Gasteiger partial charge on any atom is 0.348 e. The van der Waals surface area contributed by atoms with Crippen molar-refractivity contribution >= 4 is 51.5 Å². The largest absolute Gasteiger partial charge is 0.465 e. The molecule has 0 radical (unpaired) electrons. The molecule has 1 aromatic rings. The van der Waals surface area contributed by atoms with Gasteiger partial charge in [0.05, 0.1) is 19.8 Å². The highest BCUT2D eigenvalue weighted by molar-refractivity contribution is 7.80. The second-order valence-electron chi connectivity index (χ2n) is 5.33. The molecule has 10 heteroatoms. The zero-order valence-electron chi connectivity index (χ0n) is 15.2. The summed E-state index contributed by atoms with van der Waals surface area (Å²) in [6.45, 7) is 3.67. The maximum absolute atomic E-state index is 12.0. The molecule has 1 aromatic heterocycles. The monoisotopic (exact) mass is 401 g/mol. The summed E-state index contributed by atoms with van der Waals surface area (Å²) >= 11 is 6.14. The van der Waals surface area contributed by atoms with E-state index in [1.807, 2.05) is 0 Å². The Bertz CT molecular complexity index is 688. The van der Waals surface area contributed by atoms with Gasteiger partial charge in [0.15, 0.2) is 5.11 Å². The Morgan fingerprint density at radius 2 is 1.73 bits per heavy atom. The molecule has 26 heavy (non-hydrogen) atoms. The first kappa shape index (κ1) is 21.8. The van der Waals surface area contributed by atoms with Gasteiger partial charge in [0, 0.05) is 6.42 Å². The van der Waals surface area contributed by atoms with Crippen LogP contribution in [0.15, 0.2) is 0 Å². The van der Waals surface area contributed by atoms with Crippen LogP contribution in [0.5, 0.6) is 0 Å². The summed E-state index contributed by atoms with van der Waals surface area (Å²) in [5.41, 5.74) is 5.68. The SMILES string of the molecule is CCCCCC(=O)NNC(=S)Nc1sc(C(=O)OC)c(C)c1C(=O)OC. The molecule has 0 aliphatic rings. The van der Waals surface area contributed by atoms with Crippen LogP contribution in [0.4, 0.5) is 5.00 Å². The average molecular weight is 402 g/mol. The summed E-state index contributed by atoms with van der Waals surface area (Å²) < 4.78 is 9.48. The molecule has 0 saturated heterocycles. The van der Waals surface area contributed by atoms with Crippen LogP contribution in [0.2, 0.25) is 0 Å². The molecule has 0 bridgehead atoms. The van der Waals surface area contributed by atoms with Crippen LogP contribution in [-0.2, 0) is 14.3 Å². The number of amides is 1. The molecule has 0 aliphatic heterocycles. The average Bonchev–Trinajstić information content (AvgIpc) is 2.94. The molecule has 1 amide bonds. The first-order valence-corrected chi connectivity index (χ1v) is 9.23. The van der Waals surface area contributed by atoms with Crippen LogP contribution < -0.4 is 16.2 Å². The van der Waals surface area contributed by atoms with E-state index in [4.69, 9.17) is 21.7 Å². The number of carbonyl (C=O) groups excluding carboxylic acids is 3. The predicted octanol–water partition coefficient (Wildman–Crippen LogP) is 2.53. The fraction of sp³-hybridized carbons (Fsp3) is 0.500. The van der Waals surface area contributed by atoms with E-state index < -0.39 is 11.9 Å². The number of hydrazine groups is 1. The normalized spacial score (nSPS) is 10.0. The molecule has 0 fully saturated rings. The molecule has 0 saturated carbocycles. The Hall–Kier alpha value is -2.20. The second kappa shape index (κ2) is 10.7. The number of rotatable bonds is 7. The Labute approximate surface area is 161 Å². The van der Waals surface area contributed by atoms with E-state index in [1.54, 1.807) is 6.92 Å². The minimum Gasteiger partial charge on any atom is -0.465 e. The number of methoxy groups -OCH3 is 2. The van der Waals surface area contributed by atoms with Crippen LogP contribution in [0.3, 0.4) is 0 Å². The van der Waals surface area contributed by atoms with Gasteiger partial charge in [-0.15, -0.1) is 11.3 Å². The molecular formula is C16H23N3O5S2. The summed E-state index contributed by atoms with van der Waals surface area (Å²) in [5, 5.41) is 3.21. The predicted molar refractivity (Wildman–Crippen MR) is 103 cm³/mol. The Kier molecular flexibility index (Phi) is 9.00. The van der Waals surface area contributed by atoms with Gasteiger partial charge >= 0.3 is 11.9 Å². The molecular weight excluding hydrogens is 378 g/mol. The molecule has 0 spiro atoms. The molecule has 144 valence electrons. The topological polar surface area (TPSA) is 106 Å². The minimum absolute atomic E-state index is 0.0802. The number of carbonyl (C=O) groups is 3. The smallest absolute Gasteiger partial charge is 0.348 e.